The molecule has 1 unspecified atom stereocenters. The van der Waals surface area contributed by atoms with E-state index in [1.165, 1.54) is 4.90 Å². The van der Waals surface area contributed by atoms with E-state index in [-0.39, 0.29) is 49.6 Å². The van der Waals surface area contributed by atoms with E-state index in [1.54, 1.807) is 24.3 Å². The third-order valence-electron chi connectivity index (χ3n) is 4.33. The summed E-state index contributed by atoms with van der Waals surface area (Å²) in [6, 6.07) is 6.59. The Kier molecular flexibility index (Phi) is 6.49. The van der Waals surface area contributed by atoms with Gasteiger partial charge in [-0.3, -0.25) is 24.1 Å². The van der Waals surface area contributed by atoms with Gasteiger partial charge in [-0.25, -0.2) is 0 Å². The topological polar surface area (TPSA) is 104 Å². The molecule has 1 aromatic rings. The zero-order chi connectivity index (χ0) is 19.3. The SMILES string of the molecule is CC(C)CC(CNC(=O)c1ccc(CN2C(=O)CCC2=O)cc1)C(=O)O. The van der Waals surface area contributed by atoms with Crippen molar-refractivity contribution in [2.24, 2.45) is 11.8 Å². The van der Waals surface area contributed by atoms with Gasteiger partial charge in [0.05, 0.1) is 12.5 Å². The van der Waals surface area contributed by atoms with Gasteiger partial charge in [0.15, 0.2) is 0 Å². The zero-order valence-electron chi connectivity index (χ0n) is 15.0. The number of nitrogens with one attached hydrogen (secondary N) is 1. The van der Waals surface area contributed by atoms with Crippen LogP contribution in [0.1, 0.15) is 49.0 Å². The lowest BCUT2D eigenvalue weighted by atomic mass is 9.97. The number of rotatable bonds is 8. The zero-order valence-corrected chi connectivity index (χ0v) is 15.0. The highest BCUT2D eigenvalue weighted by Crippen LogP contribution is 2.16. The molecule has 1 fully saturated rings. The Morgan fingerprint density at radius 2 is 1.69 bits per heavy atom. The van der Waals surface area contributed by atoms with Gasteiger partial charge < -0.3 is 10.4 Å². The van der Waals surface area contributed by atoms with E-state index in [4.69, 9.17) is 0 Å². The molecule has 26 heavy (non-hydrogen) atoms. The maximum atomic E-state index is 12.2. The van der Waals surface area contributed by atoms with Crippen LogP contribution in [0.3, 0.4) is 0 Å². The van der Waals surface area contributed by atoms with Crippen LogP contribution in [0.5, 0.6) is 0 Å². The Balaban J connectivity index is 1.92. The molecule has 0 aliphatic carbocycles. The molecule has 0 spiro atoms. The Morgan fingerprint density at radius 3 is 2.19 bits per heavy atom. The molecule has 1 heterocycles. The smallest absolute Gasteiger partial charge is 0.308 e. The predicted octanol–water partition coefficient (Wildman–Crippen LogP) is 1.81. The number of hydrogen-bond acceptors (Lipinski definition) is 4. The van der Waals surface area contributed by atoms with E-state index in [1.807, 2.05) is 13.8 Å². The summed E-state index contributed by atoms with van der Waals surface area (Å²) >= 11 is 0. The summed E-state index contributed by atoms with van der Waals surface area (Å²) in [6.45, 7) is 4.15. The standard InChI is InChI=1S/C19H24N2O5/c1-12(2)9-15(19(25)26)10-20-18(24)14-5-3-13(4-6-14)11-21-16(22)7-8-17(21)23/h3-6,12,15H,7-11H2,1-2H3,(H,20,24)(H,25,26). The summed E-state index contributed by atoms with van der Waals surface area (Å²) in [5.74, 6) is -2.02. The van der Waals surface area contributed by atoms with Crippen LogP contribution in [-0.2, 0) is 20.9 Å². The van der Waals surface area contributed by atoms with Crippen molar-refractivity contribution in [2.75, 3.05) is 6.54 Å². The highest BCUT2D eigenvalue weighted by atomic mass is 16.4. The fourth-order valence-electron chi connectivity index (χ4n) is 2.90. The Bertz CT molecular complexity index is 680. The number of nitrogens with zero attached hydrogens (tertiary/aromatic N) is 1. The summed E-state index contributed by atoms with van der Waals surface area (Å²) in [6.07, 6.45) is 0.993. The van der Waals surface area contributed by atoms with Crippen LogP contribution in [0, 0.1) is 11.8 Å². The van der Waals surface area contributed by atoms with Crippen molar-refractivity contribution >= 4 is 23.7 Å². The molecule has 3 amide bonds. The first-order valence-corrected chi connectivity index (χ1v) is 8.71. The Hall–Kier alpha value is -2.70. The minimum Gasteiger partial charge on any atom is -0.481 e. The third-order valence-corrected chi connectivity index (χ3v) is 4.33. The lowest BCUT2D eigenvalue weighted by Gasteiger charge is -2.16. The summed E-state index contributed by atoms with van der Waals surface area (Å²) in [5, 5.41) is 11.9. The van der Waals surface area contributed by atoms with Crippen molar-refractivity contribution < 1.29 is 24.3 Å². The van der Waals surface area contributed by atoms with Crippen LogP contribution in [0.2, 0.25) is 0 Å². The molecule has 2 N–H and O–H groups in total. The fourth-order valence-corrected chi connectivity index (χ4v) is 2.90. The second kappa shape index (κ2) is 8.60. The molecule has 1 aliphatic heterocycles. The average molecular weight is 360 g/mol. The normalized spacial score (nSPS) is 15.4. The molecule has 0 radical (unpaired) electrons. The number of carbonyl (C=O) groups excluding carboxylic acids is 3. The summed E-state index contributed by atoms with van der Waals surface area (Å²) < 4.78 is 0. The van der Waals surface area contributed by atoms with E-state index in [0.717, 1.165) is 5.56 Å². The van der Waals surface area contributed by atoms with Crippen molar-refractivity contribution in [3.05, 3.63) is 35.4 Å². The summed E-state index contributed by atoms with van der Waals surface area (Å²) in [5.41, 5.74) is 1.16. The van der Waals surface area contributed by atoms with Crippen LogP contribution in [-0.4, -0.2) is 40.2 Å². The van der Waals surface area contributed by atoms with Gasteiger partial charge in [-0.05, 0) is 30.0 Å². The first-order chi connectivity index (χ1) is 12.3. The van der Waals surface area contributed by atoms with Gasteiger partial charge in [0.25, 0.3) is 5.91 Å². The van der Waals surface area contributed by atoms with E-state index in [2.05, 4.69) is 5.32 Å². The Morgan fingerprint density at radius 1 is 1.12 bits per heavy atom. The highest BCUT2D eigenvalue weighted by molar-refractivity contribution is 6.01. The number of amides is 3. The van der Waals surface area contributed by atoms with Gasteiger partial charge in [0, 0.05) is 24.9 Å². The number of aliphatic carboxylic acids is 1. The second-order valence-corrected chi connectivity index (χ2v) is 6.95. The number of benzene rings is 1. The van der Waals surface area contributed by atoms with Crippen molar-refractivity contribution in [2.45, 2.75) is 39.7 Å². The monoisotopic (exact) mass is 360 g/mol. The van der Waals surface area contributed by atoms with Gasteiger partial charge in [0.2, 0.25) is 11.8 Å². The quantitative estimate of drug-likeness (QED) is 0.688. The van der Waals surface area contributed by atoms with E-state index in [0.29, 0.717) is 12.0 Å². The first kappa shape index (κ1) is 19.6. The summed E-state index contributed by atoms with van der Waals surface area (Å²) in [4.78, 5) is 47.9. The minimum absolute atomic E-state index is 0.0743. The molecule has 0 bridgehead atoms. The Labute approximate surface area is 152 Å². The van der Waals surface area contributed by atoms with Crippen molar-refractivity contribution in [3.63, 3.8) is 0 Å². The summed E-state index contributed by atoms with van der Waals surface area (Å²) in [7, 11) is 0. The van der Waals surface area contributed by atoms with E-state index < -0.39 is 11.9 Å². The lowest BCUT2D eigenvalue weighted by molar-refractivity contribution is -0.142. The molecule has 140 valence electrons. The van der Waals surface area contributed by atoms with Gasteiger partial charge in [-0.1, -0.05) is 26.0 Å². The number of imide groups is 1. The molecular weight excluding hydrogens is 336 g/mol. The highest BCUT2D eigenvalue weighted by Gasteiger charge is 2.28. The average Bonchev–Trinajstić information content (AvgIpc) is 2.90. The largest absolute Gasteiger partial charge is 0.481 e. The molecule has 1 atom stereocenters. The number of carboxylic acid groups (broad SMARTS) is 1. The molecule has 1 aliphatic rings. The molecule has 7 nitrogen and oxygen atoms in total. The fraction of sp³-hybridized carbons (Fsp3) is 0.474. The molecule has 1 aromatic carbocycles. The molecule has 1 saturated heterocycles. The number of hydrogen-bond donors (Lipinski definition) is 2. The van der Waals surface area contributed by atoms with Crippen molar-refractivity contribution in [1.29, 1.82) is 0 Å². The minimum atomic E-state index is -0.922. The lowest BCUT2D eigenvalue weighted by Crippen LogP contribution is -2.33. The van der Waals surface area contributed by atoms with E-state index in [9.17, 15) is 24.3 Å². The van der Waals surface area contributed by atoms with Crippen molar-refractivity contribution in [3.8, 4) is 0 Å². The second-order valence-electron chi connectivity index (χ2n) is 6.95. The van der Waals surface area contributed by atoms with Gasteiger partial charge in [-0.15, -0.1) is 0 Å². The molecule has 7 heteroatoms. The van der Waals surface area contributed by atoms with Gasteiger partial charge in [0.1, 0.15) is 0 Å². The molecule has 0 aromatic heterocycles. The van der Waals surface area contributed by atoms with Crippen molar-refractivity contribution in [1.82, 2.24) is 10.2 Å². The van der Waals surface area contributed by atoms with Crippen LogP contribution >= 0.6 is 0 Å². The maximum Gasteiger partial charge on any atom is 0.308 e. The number of carboxylic acids is 1. The molecular formula is C19H24N2O5. The van der Waals surface area contributed by atoms with Crippen LogP contribution < -0.4 is 5.32 Å². The van der Waals surface area contributed by atoms with Gasteiger partial charge in [-0.2, -0.15) is 0 Å². The number of carbonyl (C=O) groups is 4. The van der Waals surface area contributed by atoms with Crippen LogP contribution in [0.4, 0.5) is 0 Å². The van der Waals surface area contributed by atoms with Crippen LogP contribution in [0.15, 0.2) is 24.3 Å². The van der Waals surface area contributed by atoms with Gasteiger partial charge >= 0.3 is 5.97 Å². The predicted molar refractivity (Wildman–Crippen MR) is 94.1 cm³/mol. The maximum absolute atomic E-state index is 12.2. The first-order valence-electron chi connectivity index (χ1n) is 8.71. The van der Waals surface area contributed by atoms with E-state index >= 15 is 0 Å². The number of likely N-dealkylation sites (tertiary alicyclic amines) is 1. The third kappa shape index (κ3) is 5.15. The van der Waals surface area contributed by atoms with Crippen LogP contribution in [0.25, 0.3) is 0 Å². The molecule has 2 rings (SSSR count). The molecule has 0 saturated carbocycles.